The molecule has 92 valence electrons. The maximum Gasteiger partial charge on any atom is 0.345 e. The Morgan fingerprint density at radius 3 is 2.72 bits per heavy atom. The van der Waals surface area contributed by atoms with Gasteiger partial charge in [-0.05, 0) is 18.2 Å². The average Bonchev–Trinajstić information content (AvgIpc) is 2.78. The first kappa shape index (κ1) is 12.5. The molecule has 0 bridgehead atoms. The highest BCUT2D eigenvalue weighted by Crippen LogP contribution is 2.23. The normalized spacial score (nSPS) is 10.1. The van der Waals surface area contributed by atoms with E-state index in [1.54, 1.807) is 0 Å². The number of nitrogens with zero attached hydrogens (tertiary/aromatic N) is 1. The van der Waals surface area contributed by atoms with Crippen LogP contribution in [0.4, 0.5) is 5.00 Å². The van der Waals surface area contributed by atoms with Gasteiger partial charge in [0.15, 0.2) is 0 Å². The number of hydrogen-bond acceptors (Lipinski definition) is 4. The van der Waals surface area contributed by atoms with Gasteiger partial charge >= 0.3 is 5.97 Å². The monoisotopic (exact) mass is 282 g/mol. The van der Waals surface area contributed by atoms with Crippen LogP contribution in [0.5, 0.6) is 0 Å². The van der Waals surface area contributed by atoms with E-state index in [0.29, 0.717) is 5.00 Å². The third-order valence-electron chi connectivity index (χ3n) is 2.07. The van der Waals surface area contributed by atoms with E-state index in [1.165, 1.54) is 30.6 Å². The van der Waals surface area contributed by atoms with Crippen LogP contribution in [-0.2, 0) is 0 Å². The predicted octanol–water partition coefficient (Wildman–Crippen LogP) is 2.75. The number of aromatic carboxylic acids is 1. The Balaban J connectivity index is 2.16. The molecule has 0 aliphatic rings. The van der Waals surface area contributed by atoms with Gasteiger partial charge in [-0.3, -0.25) is 9.78 Å². The summed E-state index contributed by atoms with van der Waals surface area (Å²) in [7, 11) is 0. The van der Waals surface area contributed by atoms with E-state index in [1.807, 2.05) is 0 Å². The Hall–Kier alpha value is -1.92. The highest BCUT2D eigenvalue weighted by atomic mass is 35.5. The van der Waals surface area contributed by atoms with Crippen molar-refractivity contribution in [3.05, 3.63) is 46.1 Å². The maximum absolute atomic E-state index is 11.8. The average molecular weight is 283 g/mol. The van der Waals surface area contributed by atoms with Crippen molar-refractivity contribution in [3.8, 4) is 0 Å². The minimum atomic E-state index is -1.03. The van der Waals surface area contributed by atoms with Gasteiger partial charge in [0.25, 0.3) is 5.91 Å². The van der Waals surface area contributed by atoms with E-state index >= 15 is 0 Å². The van der Waals surface area contributed by atoms with Crippen LogP contribution >= 0.6 is 22.9 Å². The summed E-state index contributed by atoms with van der Waals surface area (Å²) < 4.78 is 0. The number of aromatic nitrogens is 1. The van der Waals surface area contributed by atoms with Crippen molar-refractivity contribution in [1.29, 1.82) is 0 Å². The summed E-state index contributed by atoms with van der Waals surface area (Å²) in [6.45, 7) is 0. The molecule has 2 rings (SSSR count). The Morgan fingerprint density at radius 2 is 2.11 bits per heavy atom. The van der Waals surface area contributed by atoms with Crippen molar-refractivity contribution in [3.63, 3.8) is 0 Å². The molecule has 0 radical (unpaired) electrons. The number of carboxylic acid groups (broad SMARTS) is 1. The molecule has 0 aliphatic carbocycles. The number of carbonyl (C=O) groups is 2. The van der Waals surface area contributed by atoms with Crippen LogP contribution in [0.1, 0.15) is 20.0 Å². The van der Waals surface area contributed by atoms with Gasteiger partial charge in [0.1, 0.15) is 4.88 Å². The summed E-state index contributed by atoms with van der Waals surface area (Å²) in [4.78, 5) is 26.5. The molecule has 0 unspecified atom stereocenters. The van der Waals surface area contributed by atoms with E-state index in [9.17, 15) is 9.59 Å². The number of anilines is 1. The third kappa shape index (κ3) is 2.66. The number of carbonyl (C=O) groups excluding carboxylic acids is 1. The van der Waals surface area contributed by atoms with Crippen LogP contribution in [0.2, 0.25) is 5.02 Å². The van der Waals surface area contributed by atoms with Crippen molar-refractivity contribution < 1.29 is 14.7 Å². The smallest absolute Gasteiger partial charge is 0.345 e. The van der Waals surface area contributed by atoms with Crippen LogP contribution in [0.15, 0.2) is 30.6 Å². The van der Waals surface area contributed by atoms with Crippen LogP contribution in [-0.4, -0.2) is 22.0 Å². The van der Waals surface area contributed by atoms with Gasteiger partial charge in [0, 0.05) is 12.4 Å². The largest absolute Gasteiger partial charge is 0.477 e. The lowest BCUT2D eigenvalue weighted by molar-refractivity contribution is 0.0702. The molecule has 0 aromatic carbocycles. The van der Waals surface area contributed by atoms with E-state index < -0.39 is 11.9 Å². The summed E-state index contributed by atoms with van der Waals surface area (Å²) >= 11 is 6.81. The summed E-state index contributed by atoms with van der Waals surface area (Å²) in [6, 6.07) is 4.45. The van der Waals surface area contributed by atoms with Crippen molar-refractivity contribution in [2.24, 2.45) is 0 Å². The zero-order chi connectivity index (χ0) is 13.1. The second-order valence-corrected chi connectivity index (χ2v) is 4.77. The first-order valence-electron chi connectivity index (χ1n) is 4.82. The predicted molar refractivity (Wildman–Crippen MR) is 68.5 cm³/mol. The Labute approximate surface area is 111 Å². The minimum Gasteiger partial charge on any atom is -0.477 e. The standard InChI is InChI=1S/C11H7ClN2O3S/c12-7-5-13-4-3-6(7)10(15)14-9-2-1-8(18-9)11(16)17/h1-5H,(H,14,15)(H,16,17). The van der Waals surface area contributed by atoms with Gasteiger partial charge in [-0.2, -0.15) is 0 Å². The minimum absolute atomic E-state index is 0.158. The van der Waals surface area contributed by atoms with E-state index in [4.69, 9.17) is 16.7 Å². The van der Waals surface area contributed by atoms with Crippen molar-refractivity contribution in [1.82, 2.24) is 4.98 Å². The van der Waals surface area contributed by atoms with Gasteiger partial charge in [-0.1, -0.05) is 11.6 Å². The molecular weight excluding hydrogens is 276 g/mol. The van der Waals surface area contributed by atoms with Gasteiger partial charge in [-0.25, -0.2) is 4.79 Å². The highest BCUT2D eigenvalue weighted by molar-refractivity contribution is 7.18. The first-order chi connectivity index (χ1) is 8.58. The number of carboxylic acids is 1. The Kier molecular flexibility index (Phi) is 3.59. The topological polar surface area (TPSA) is 79.3 Å². The highest BCUT2D eigenvalue weighted by Gasteiger charge is 2.13. The van der Waals surface area contributed by atoms with Crippen molar-refractivity contribution in [2.75, 3.05) is 5.32 Å². The molecule has 18 heavy (non-hydrogen) atoms. The Bertz CT molecular complexity index is 612. The van der Waals surface area contributed by atoms with Gasteiger partial charge < -0.3 is 10.4 Å². The van der Waals surface area contributed by atoms with Crippen LogP contribution < -0.4 is 5.32 Å². The number of amides is 1. The molecule has 0 fully saturated rings. The fourth-order valence-electron chi connectivity index (χ4n) is 1.26. The quantitative estimate of drug-likeness (QED) is 0.907. The van der Waals surface area contributed by atoms with Gasteiger partial charge in [0.2, 0.25) is 0 Å². The number of halogens is 1. The zero-order valence-electron chi connectivity index (χ0n) is 8.88. The molecule has 2 aromatic heterocycles. The number of thiophene rings is 1. The summed E-state index contributed by atoms with van der Waals surface area (Å²) in [6.07, 6.45) is 2.82. The van der Waals surface area contributed by atoms with Crippen LogP contribution in [0, 0.1) is 0 Å². The fourth-order valence-corrected chi connectivity index (χ4v) is 2.20. The SMILES string of the molecule is O=C(O)c1ccc(NC(=O)c2ccncc2Cl)s1. The molecule has 2 N–H and O–H groups in total. The molecule has 0 aliphatic heterocycles. The van der Waals surface area contributed by atoms with Crippen molar-refractivity contribution >= 4 is 39.8 Å². The molecule has 0 saturated heterocycles. The molecule has 0 saturated carbocycles. The number of nitrogens with one attached hydrogen (secondary N) is 1. The number of pyridine rings is 1. The number of rotatable bonds is 3. The Morgan fingerprint density at radius 1 is 1.33 bits per heavy atom. The molecule has 7 heteroatoms. The van der Waals surface area contributed by atoms with E-state index in [-0.39, 0.29) is 15.5 Å². The molecule has 5 nitrogen and oxygen atoms in total. The summed E-state index contributed by atoms with van der Waals surface area (Å²) in [5.74, 6) is -1.43. The molecule has 1 amide bonds. The maximum atomic E-state index is 11.8. The van der Waals surface area contributed by atoms with Crippen molar-refractivity contribution in [2.45, 2.75) is 0 Å². The van der Waals surface area contributed by atoms with Gasteiger partial charge in [-0.15, -0.1) is 11.3 Å². The van der Waals surface area contributed by atoms with Crippen LogP contribution in [0.25, 0.3) is 0 Å². The second kappa shape index (κ2) is 5.16. The fraction of sp³-hybridized carbons (Fsp3) is 0. The summed E-state index contributed by atoms with van der Waals surface area (Å²) in [5.41, 5.74) is 0.289. The van der Waals surface area contributed by atoms with Gasteiger partial charge in [0.05, 0.1) is 15.6 Å². The molecule has 0 atom stereocenters. The summed E-state index contributed by atoms with van der Waals surface area (Å²) in [5, 5.41) is 12.0. The second-order valence-electron chi connectivity index (χ2n) is 3.28. The van der Waals surface area contributed by atoms with Crippen LogP contribution in [0.3, 0.4) is 0 Å². The zero-order valence-corrected chi connectivity index (χ0v) is 10.5. The molecular formula is C11H7ClN2O3S. The molecule has 2 heterocycles. The van der Waals surface area contributed by atoms with E-state index in [0.717, 1.165) is 11.3 Å². The molecule has 0 spiro atoms. The van der Waals surface area contributed by atoms with E-state index in [2.05, 4.69) is 10.3 Å². The first-order valence-corrected chi connectivity index (χ1v) is 6.01. The number of hydrogen-bond donors (Lipinski definition) is 2. The molecule has 2 aromatic rings. The lowest BCUT2D eigenvalue weighted by atomic mass is 10.2. The lowest BCUT2D eigenvalue weighted by Gasteiger charge is -2.03. The lowest BCUT2D eigenvalue weighted by Crippen LogP contribution is -2.11. The third-order valence-corrected chi connectivity index (χ3v) is 3.36.